The van der Waals surface area contributed by atoms with Crippen LogP contribution in [0.4, 0.5) is 18.9 Å². The number of rotatable bonds is 8. The first-order chi connectivity index (χ1) is 20.8. The maximum Gasteiger partial charge on any atom is 0.357 e. The number of alkyl halides is 3. The third-order valence-electron chi connectivity index (χ3n) is 9.47. The fourth-order valence-corrected chi connectivity index (χ4v) is 7.15. The molecule has 2 aromatic carbocycles. The summed E-state index contributed by atoms with van der Waals surface area (Å²) < 4.78 is 47.1. The number of amides is 2. The highest BCUT2D eigenvalue weighted by Crippen LogP contribution is 2.40. The molecular weight excluding hydrogens is 561 g/mol. The van der Waals surface area contributed by atoms with Gasteiger partial charge in [-0.15, -0.1) is 0 Å². The summed E-state index contributed by atoms with van der Waals surface area (Å²) >= 11 is 0. The third kappa shape index (κ3) is 5.07. The number of fused-ring (bicyclic) bond motifs is 3. The molecule has 0 radical (unpaired) electrons. The number of nitrogens with zero attached hydrogens (tertiary/aromatic N) is 2. The highest BCUT2D eigenvalue weighted by atomic mass is 19.1. The molecule has 2 fully saturated rings. The smallest absolute Gasteiger partial charge is 0.357 e. The van der Waals surface area contributed by atoms with E-state index in [2.05, 4.69) is 5.32 Å². The van der Waals surface area contributed by atoms with E-state index in [-0.39, 0.29) is 35.3 Å². The largest absolute Gasteiger partial charge is 0.428 e. The summed E-state index contributed by atoms with van der Waals surface area (Å²) in [5.41, 5.74) is 5.70. The van der Waals surface area contributed by atoms with Crippen molar-refractivity contribution in [3.8, 4) is 0 Å². The van der Waals surface area contributed by atoms with Crippen LogP contribution in [0.2, 0.25) is 0 Å². The van der Waals surface area contributed by atoms with Crippen molar-refractivity contribution < 1.29 is 32.3 Å². The summed E-state index contributed by atoms with van der Waals surface area (Å²) in [6.07, 6.45) is 3.19. The molecule has 2 aliphatic heterocycles. The molecular formula is C32H35F3N4O4. The zero-order valence-electron chi connectivity index (χ0n) is 23.7. The fourth-order valence-electron chi connectivity index (χ4n) is 7.15. The number of anilines is 1. The van der Waals surface area contributed by atoms with Crippen LogP contribution in [0.5, 0.6) is 0 Å². The molecule has 3 aromatic rings. The van der Waals surface area contributed by atoms with Gasteiger partial charge in [0, 0.05) is 35.5 Å². The summed E-state index contributed by atoms with van der Waals surface area (Å²) in [6.45, 7) is -2.59. The van der Waals surface area contributed by atoms with E-state index in [1.54, 1.807) is 23.1 Å². The quantitative estimate of drug-likeness (QED) is 0.363. The van der Waals surface area contributed by atoms with Gasteiger partial charge in [0.05, 0.1) is 5.52 Å². The molecule has 1 aromatic heterocycles. The number of nitrogens with two attached hydrogens (primary N) is 1. The zero-order chi connectivity index (χ0) is 30.3. The van der Waals surface area contributed by atoms with E-state index in [4.69, 9.17) is 10.5 Å². The van der Waals surface area contributed by atoms with Crippen molar-refractivity contribution in [1.29, 1.82) is 0 Å². The predicted molar refractivity (Wildman–Crippen MR) is 155 cm³/mol. The normalized spacial score (nSPS) is 25.4. The summed E-state index contributed by atoms with van der Waals surface area (Å²) in [5.74, 6) is -1.65. The molecule has 1 saturated carbocycles. The zero-order valence-corrected chi connectivity index (χ0v) is 23.7. The van der Waals surface area contributed by atoms with Gasteiger partial charge in [0.2, 0.25) is 17.5 Å². The van der Waals surface area contributed by atoms with Gasteiger partial charge in [0.1, 0.15) is 18.4 Å². The number of carbonyl (C=O) groups excluding carboxylic acids is 3. The Morgan fingerprint density at radius 2 is 1.72 bits per heavy atom. The third-order valence-corrected chi connectivity index (χ3v) is 9.47. The Kier molecular flexibility index (Phi) is 7.93. The molecule has 3 aliphatic rings. The number of hydrogen-bond donors (Lipinski definition) is 2. The van der Waals surface area contributed by atoms with Gasteiger partial charge in [-0.25, -0.2) is 18.0 Å². The number of nitrogens with one attached hydrogen (secondary N) is 1. The average molecular weight is 597 g/mol. The number of likely N-dealkylation sites (tertiary alicyclic amines) is 1. The van der Waals surface area contributed by atoms with Crippen molar-refractivity contribution in [2.24, 2.45) is 17.6 Å². The van der Waals surface area contributed by atoms with Gasteiger partial charge in [0.15, 0.2) is 13.3 Å². The van der Waals surface area contributed by atoms with Gasteiger partial charge >= 0.3 is 5.97 Å². The lowest BCUT2D eigenvalue weighted by molar-refractivity contribution is -0.141. The van der Waals surface area contributed by atoms with Crippen molar-refractivity contribution in [3.63, 3.8) is 0 Å². The maximum atomic E-state index is 14.0. The lowest BCUT2D eigenvalue weighted by Gasteiger charge is -2.35. The van der Waals surface area contributed by atoms with Crippen LogP contribution in [0.1, 0.15) is 54.1 Å². The lowest BCUT2D eigenvalue weighted by Crippen LogP contribution is -2.48. The van der Waals surface area contributed by atoms with Crippen LogP contribution in [-0.2, 0) is 20.1 Å². The van der Waals surface area contributed by atoms with Gasteiger partial charge in [-0.2, -0.15) is 0 Å². The van der Waals surface area contributed by atoms with E-state index in [9.17, 15) is 27.6 Å². The topological polar surface area (TPSA) is 107 Å². The summed E-state index contributed by atoms with van der Waals surface area (Å²) in [5, 5.41) is 3.47. The van der Waals surface area contributed by atoms with E-state index in [0.717, 1.165) is 5.56 Å². The Labute approximate surface area is 247 Å². The number of aromatic nitrogens is 1. The number of hydrogen-bond acceptors (Lipinski definition) is 5. The highest BCUT2D eigenvalue weighted by molar-refractivity contribution is 6.02. The molecule has 0 spiro atoms. The van der Waals surface area contributed by atoms with Crippen molar-refractivity contribution in [2.75, 3.05) is 31.9 Å². The van der Waals surface area contributed by atoms with Gasteiger partial charge < -0.3 is 20.7 Å². The van der Waals surface area contributed by atoms with E-state index < -0.39 is 43.8 Å². The first-order valence-corrected chi connectivity index (χ1v) is 14.8. The highest BCUT2D eigenvalue weighted by Gasteiger charge is 2.48. The molecule has 3 atom stereocenters. The average Bonchev–Trinajstić information content (AvgIpc) is 3.73. The second-order valence-corrected chi connectivity index (χ2v) is 11.9. The van der Waals surface area contributed by atoms with Gasteiger partial charge in [-0.1, -0.05) is 30.3 Å². The number of cyclic esters (lactones) is 1. The minimum atomic E-state index is -2.04. The molecule has 3 N–H and O–H groups in total. The van der Waals surface area contributed by atoms with Crippen LogP contribution in [-0.4, -0.2) is 65.9 Å². The van der Waals surface area contributed by atoms with Crippen molar-refractivity contribution in [2.45, 2.75) is 55.8 Å². The molecule has 43 heavy (non-hydrogen) atoms. The van der Waals surface area contributed by atoms with Gasteiger partial charge in [0.25, 0.3) is 0 Å². The fraction of sp³-hybridized carbons (Fsp3) is 0.469. The molecule has 1 aliphatic carbocycles. The number of halogens is 3. The first kappa shape index (κ1) is 29.2. The van der Waals surface area contributed by atoms with E-state index >= 15 is 0 Å². The Balaban J connectivity index is 1.26. The van der Waals surface area contributed by atoms with E-state index in [0.29, 0.717) is 55.2 Å². The number of ether oxygens (including phenoxy) is 1. The molecule has 6 rings (SSSR count). The molecule has 2 amide bonds. The second-order valence-electron chi connectivity index (χ2n) is 11.9. The summed E-state index contributed by atoms with van der Waals surface area (Å²) in [6, 6.07) is 14.7. The first-order valence-electron chi connectivity index (χ1n) is 14.8. The Hall–Kier alpha value is -3.86. The molecule has 0 bridgehead atoms. The van der Waals surface area contributed by atoms with Crippen LogP contribution in [0.15, 0.2) is 54.6 Å². The van der Waals surface area contributed by atoms with Crippen molar-refractivity contribution in [1.82, 2.24) is 9.47 Å². The van der Waals surface area contributed by atoms with E-state index in [1.807, 2.05) is 30.3 Å². The maximum absolute atomic E-state index is 14.0. The minimum absolute atomic E-state index is 0.0349. The Morgan fingerprint density at radius 3 is 2.40 bits per heavy atom. The van der Waals surface area contributed by atoms with Crippen LogP contribution in [0.3, 0.4) is 0 Å². The molecule has 11 heteroatoms. The monoisotopic (exact) mass is 596 g/mol. The van der Waals surface area contributed by atoms with Gasteiger partial charge in [-0.05, 0) is 67.9 Å². The van der Waals surface area contributed by atoms with Crippen LogP contribution >= 0.6 is 0 Å². The summed E-state index contributed by atoms with van der Waals surface area (Å²) in [4.78, 5) is 41.8. The van der Waals surface area contributed by atoms with Crippen LogP contribution < -0.4 is 11.1 Å². The standard InChI is InChI=1S/C32H35F3N4O4/c33-16-25(36)20-6-8-21(9-7-20)30(41)38-13-12-24(19-4-2-1-3-5-19)28(38)29(40)37-23-10-11-26-22(14-23)15-27-31(42)43-32(17-34,18-35)39(26)27/h1-5,10-11,14-15,20-21,24-25,28H,6-9,12-13,16-18,36H2,(H,37,40)/t20-,21-,24-,25+,28-/m0/s1. The van der Waals surface area contributed by atoms with Crippen molar-refractivity contribution in [3.05, 3.63) is 65.9 Å². The molecule has 1 saturated heterocycles. The molecule has 8 nitrogen and oxygen atoms in total. The second kappa shape index (κ2) is 11.7. The lowest BCUT2D eigenvalue weighted by atomic mass is 9.78. The number of carbonyl (C=O) groups is 3. The molecule has 0 unspecified atom stereocenters. The summed E-state index contributed by atoms with van der Waals surface area (Å²) in [7, 11) is 0. The van der Waals surface area contributed by atoms with Crippen LogP contribution in [0, 0.1) is 11.8 Å². The SMILES string of the molecule is N[C@H](CF)[C@H]1CC[C@H](C(=O)N2CC[C@@H](c3ccccc3)[C@H]2C(=O)Nc2ccc3c(c2)cc2n3C(CF)(CF)OC2=O)CC1. The Bertz CT molecular complexity index is 1520. The molecule has 228 valence electrons. The number of esters is 1. The van der Waals surface area contributed by atoms with E-state index in [1.165, 1.54) is 10.6 Å². The molecule has 3 heterocycles. The van der Waals surface area contributed by atoms with Crippen LogP contribution in [0.25, 0.3) is 10.9 Å². The minimum Gasteiger partial charge on any atom is -0.428 e. The predicted octanol–water partition coefficient (Wildman–Crippen LogP) is 4.83. The van der Waals surface area contributed by atoms with Crippen molar-refractivity contribution >= 4 is 34.4 Å². The van der Waals surface area contributed by atoms with Gasteiger partial charge in [-0.3, -0.25) is 14.2 Å². The number of benzene rings is 2. The Morgan fingerprint density at radius 1 is 1.00 bits per heavy atom.